The third-order valence-corrected chi connectivity index (χ3v) is 5.41. The first-order valence-corrected chi connectivity index (χ1v) is 10.2. The SMILES string of the molecule is COc1ccsc1Oc1ccc(OC(C)C(=O)C(C#N)C(=O)N2CCCC2)cc1. The maximum atomic E-state index is 12.6. The van der Waals surface area contributed by atoms with Crippen molar-refractivity contribution in [3.05, 3.63) is 35.7 Å². The molecule has 0 saturated carbocycles. The smallest absolute Gasteiger partial charge is 0.247 e. The number of rotatable bonds is 8. The number of ketones is 1. The number of nitrogens with zero attached hydrogens (tertiary/aromatic N) is 2. The maximum Gasteiger partial charge on any atom is 0.247 e. The van der Waals surface area contributed by atoms with Crippen molar-refractivity contribution in [2.24, 2.45) is 5.92 Å². The van der Waals surface area contributed by atoms with Crippen LogP contribution in [0.5, 0.6) is 22.3 Å². The number of Topliss-reactive ketones (excluding diaryl/α,β-unsaturated/α-hetero) is 1. The van der Waals surface area contributed by atoms with E-state index in [-0.39, 0.29) is 0 Å². The van der Waals surface area contributed by atoms with Crippen molar-refractivity contribution in [1.29, 1.82) is 5.26 Å². The molecule has 2 aromatic rings. The second-order valence-electron chi connectivity index (χ2n) is 6.61. The molecule has 0 radical (unpaired) electrons. The molecular formula is C21H22N2O5S. The molecule has 152 valence electrons. The molecule has 1 aromatic carbocycles. The van der Waals surface area contributed by atoms with Crippen LogP contribution in [0.1, 0.15) is 19.8 Å². The Balaban J connectivity index is 1.60. The van der Waals surface area contributed by atoms with E-state index >= 15 is 0 Å². The van der Waals surface area contributed by atoms with Gasteiger partial charge in [0, 0.05) is 13.1 Å². The van der Waals surface area contributed by atoms with Gasteiger partial charge in [0.2, 0.25) is 11.0 Å². The minimum Gasteiger partial charge on any atom is -0.492 e. The number of carbonyl (C=O) groups is 2. The molecule has 0 spiro atoms. The number of hydrogen-bond donors (Lipinski definition) is 0. The first-order valence-electron chi connectivity index (χ1n) is 9.31. The average Bonchev–Trinajstić information content (AvgIpc) is 3.41. The number of amides is 1. The van der Waals surface area contributed by atoms with Gasteiger partial charge in [-0.05, 0) is 55.5 Å². The molecule has 1 amide bonds. The molecule has 1 aliphatic heterocycles. The van der Waals surface area contributed by atoms with Crippen molar-refractivity contribution in [2.75, 3.05) is 20.2 Å². The normalized spacial score (nSPS) is 15.3. The molecule has 7 nitrogen and oxygen atoms in total. The quantitative estimate of drug-likeness (QED) is 0.613. The second-order valence-corrected chi connectivity index (χ2v) is 7.49. The predicted molar refractivity (Wildman–Crippen MR) is 107 cm³/mol. The van der Waals surface area contributed by atoms with Crippen LogP contribution in [0, 0.1) is 17.2 Å². The van der Waals surface area contributed by atoms with E-state index in [4.69, 9.17) is 14.2 Å². The van der Waals surface area contributed by atoms with Crippen molar-refractivity contribution in [2.45, 2.75) is 25.9 Å². The number of likely N-dealkylation sites (tertiary alicyclic amines) is 1. The van der Waals surface area contributed by atoms with Crippen LogP contribution < -0.4 is 14.2 Å². The Morgan fingerprint density at radius 1 is 1.14 bits per heavy atom. The van der Waals surface area contributed by atoms with Crippen LogP contribution in [0.4, 0.5) is 0 Å². The lowest BCUT2D eigenvalue weighted by Gasteiger charge is -2.21. The molecule has 2 heterocycles. The highest BCUT2D eigenvalue weighted by Crippen LogP contribution is 2.37. The van der Waals surface area contributed by atoms with E-state index in [1.54, 1.807) is 43.2 Å². The first kappa shape index (κ1) is 20.7. The molecule has 29 heavy (non-hydrogen) atoms. The largest absolute Gasteiger partial charge is 0.492 e. The van der Waals surface area contributed by atoms with Gasteiger partial charge in [0.15, 0.2) is 23.6 Å². The lowest BCUT2D eigenvalue weighted by atomic mass is 10.0. The zero-order chi connectivity index (χ0) is 20.8. The molecular weight excluding hydrogens is 392 g/mol. The molecule has 0 bridgehead atoms. The monoisotopic (exact) mass is 414 g/mol. The Morgan fingerprint density at radius 2 is 1.79 bits per heavy atom. The summed E-state index contributed by atoms with van der Waals surface area (Å²) in [5, 5.41) is 11.9. The molecule has 2 atom stereocenters. The van der Waals surface area contributed by atoms with Gasteiger partial charge in [-0.1, -0.05) is 0 Å². The highest BCUT2D eigenvalue weighted by Gasteiger charge is 2.35. The number of carbonyl (C=O) groups excluding carboxylic acids is 2. The fraction of sp³-hybridized carbons (Fsp3) is 0.381. The van der Waals surface area contributed by atoms with Gasteiger partial charge in [-0.2, -0.15) is 5.26 Å². The van der Waals surface area contributed by atoms with Gasteiger partial charge in [-0.25, -0.2) is 0 Å². The summed E-state index contributed by atoms with van der Waals surface area (Å²) in [5.41, 5.74) is 0. The van der Waals surface area contributed by atoms with Crippen molar-refractivity contribution in [1.82, 2.24) is 4.90 Å². The third-order valence-electron chi connectivity index (χ3n) is 4.64. The van der Waals surface area contributed by atoms with Gasteiger partial charge in [-0.3, -0.25) is 9.59 Å². The van der Waals surface area contributed by atoms with Crippen LogP contribution in [0.2, 0.25) is 0 Å². The number of hydrogen-bond acceptors (Lipinski definition) is 7. The van der Waals surface area contributed by atoms with Gasteiger partial charge < -0.3 is 19.1 Å². The van der Waals surface area contributed by atoms with E-state index in [1.165, 1.54) is 11.3 Å². The summed E-state index contributed by atoms with van der Waals surface area (Å²) in [6.07, 6.45) is 0.876. The molecule has 1 fully saturated rings. The van der Waals surface area contributed by atoms with Crippen LogP contribution in [-0.2, 0) is 9.59 Å². The molecule has 2 unspecified atom stereocenters. The summed E-state index contributed by atoms with van der Waals surface area (Å²) in [5.74, 6) is -0.609. The molecule has 1 aliphatic rings. The van der Waals surface area contributed by atoms with Gasteiger partial charge in [0.05, 0.1) is 13.2 Å². The highest BCUT2D eigenvalue weighted by atomic mass is 32.1. The number of thiophene rings is 1. The van der Waals surface area contributed by atoms with E-state index in [1.807, 2.05) is 17.5 Å². The van der Waals surface area contributed by atoms with E-state index in [0.717, 1.165) is 12.8 Å². The van der Waals surface area contributed by atoms with Crippen molar-refractivity contribution in [3.8, 4) is 28.4 Å². The summed E-state index contributed by atoms with van der Waals surface area (Å²) < 4.78 is 16.6. The molecule has 1 aromatic heterocycles. The summed E-state index contributed by atoms with van der Waals surface area (Å²) in [4.78, 5) is 26.6. The second kappa shape index (κ2) is 9.43. The standard InChI is InChI=1S/C21H22N2O5S/c1-14(19(24)17(13-22)20(25)23-10-3-4-11-23)27-15-5-7-16(8-6-15)28-21-18(26-2)9-12-29-21/h5-9,12,14,17H,3-4,10-11H2,1-2H3. The molecule has 0 aliphatic carbocycles. The van der Waals surface area contributed by atoms with Crippen LogP contribution in [-0.4, -0.2) is 42.9 Å². The van der Waals surface area contributed by atoms with E-state index in [0.29, 0.717) is 35.4 Å². The number of ether oxygens (including phenoxy) is 3. The van der Waals surface area contributed by atoms with Crippen molar-refractivity contribution in [3.63, 3.8) is 0 Å². The fourth-order valence-electron chi connectivity index (χ4n) is 3.06. The van der Waals surface area contributed by atoms with E-state index in [2.05, 4.69) is 0 Å². The van der Waals surface area contributed by atoms with Crippen molar-refractivity contribution >= 4 is 23.0 Å². The highest BCUT2D eigenvalue weighted by molar-refractivity contribution is 7.12. The average molecular weight is 414 g/mol. The summed E-state index contributed by atoms with van der Waals surface area (Å²) >= 11 is 1.42. The minimum atomic E-state index is -1.34. The summed E-state index contributed by atoms with van der Waals surface area (Å²) in [6.45, 7) is 2.73. The zero-order valence-corrected chi connectivity index (χ0v) is 17.1. The van der Waals surface area contributed by atoms with Crippen LogP contribution in [0.3, 0.4) is 0 Å². The lowest BCUT2D eigenvalue weighted by Crippen LogP contribution is -2.41. The Labute approximate surface area is 173 Å². The number of benzene rings is 1. The van der Waals surface area contributed by atoms with Crippen LogP contribution in [0.15, 0.2) is 35.7 Å². The van der Waals surface area contributed by atoms with E-state index < -0.39 is 23.7 Å². The molecule has 8 heteroatoms. The number of methoxy groups -OCH3 is 1. The molecule has 0 N–H and O–H groups in total. The Hall–Kier alpha value is -3.05. The topological polar surface area (TPSA) is 88.9 Å². The number of nitriles is 1. The Morgan fingerprint density at radius 3 is 2.41 bits per heavy atom. The van der Waals surface area contributed by atoms with Crippen LogP contribution >= 0.6 is 11.3 Å². The van der Waals surface area contributed by atoms with Gasteiger partial charge in [-0.15, -0.1) is 11.3 Å². The first-order chi connectivity index (χ1) is 14.0. The van der Waals surface area contributed by atoms with Crippen LogP contribution in [0.25, 0.3) is 0 Å². The fourth-order valence-corrected chi connectivity index (χ4v) is 3.79. The van der Waals surface area contributed by atoms with Gasteiger partial charge >= 0.3 is 0 Å². The minimum absolute atomic E-state index is 0.431. The Kier molecular flexibility index (Phi) is 6.73. The predicted octanol–water partition coefficient (Wildman–Crippen LogP) is 3.65. The zero-order valence-electron chi connectivity index (χ0n) is 16.3. The Bertz CT molecular complexity index is 897. The van der Waals surface area contributed by atoms with E-state index in [9.17, 15) is 14.9 Å². The molecule has 1 saturated heterocycles. The van der Waals surface area contributed by atoms with Crippen molar-refractivity contribution < 1.29 is 23.8 Å². The van der Waals surface area contributed by atoms with Gasteiger partial charge in [0.25, 0.3) is 0 Å². The molecule has 3 rings (SSSR count). The third kappa shape index (κ3) is 4.87. The summed E-state index contributed by atoms with van der Waals surface area (Å²) in [7, 11) is 1.58. The summed E-state index contributed by atoms with van der Waals surface area (Å²) in [6, 6.07) is 10.4. The van der Waals surface area contributed by atoms with Gasteiger partial charge in [0.1, 0.15) is 11.5 Å². The lowest BCUT2D eigenvalue weighted by molar-refractivity contribution is -0.140. The maximum absolute atomic E-state index is 12.6.